The summed E-state index contributed by atoms with van der Waals surface area (Å²) in [5.41, 5.74) is 3.55. The van der Waals surface area contributed by atoms with Gasteiger partial charge in [0.15, 0.2) is 11.5 Å². The van der Waals surface area contributed by atoms with Crippen molar-refractivity contribution in [3.63, 3.8) is 0 Å². The summed E-state index contributed by atoms with van der Waals surface area (Å²) in [4.78, 5) is 15.5. The van der Waals surface area contributed by atoms with Crippen LogP contribution in [0.15, 0.2) is 23.4 Å². The second-order valence-electron chi connectivity index (χ2n) is 8.70. The van der Waals surface area contributed by atoms with Crippen molar-refractivity contribution in [1.29, 1.82) is 0 Å². The summed E-state index contributed by atoms with van der Waals surface area (Å²) in [5.74, 6) is 0.364. The number of fused-ring (bicyclic) bond motifs is 1. The summed E-state index contributed by atoms with van der Waals surface area (Å²) in [6.07, 6.45) is 5.01. The Labute approximate surface area is 165 Å². The highest BCUT2D eigenvalue weighted by molar-refractivity contribution is 5.93. The van der Waals surface area contributed by atoms with E-state index in [0.29, 0.717) is 11.8 Å². The molecule has 0 aromatic heterocycles. The number of esters is 1. The molecule has 3 heterocycles. The lowest BCUT2D eigenvalue weighted by molar-refractivity contribution is -0.137. The lowest BCUT2D eigenvalue weighted by Crippen LogP contribution is -2.59. The summed E-state index contributed by atoms with van der Waals surface area (Å²) in [6.45, 7) is 4.37. The van der Waals surface area contributed by atoms with Crippen molar-refractivity contribution in [2.24, 2.45) is 5.41 Å². The SMILES string of the molecule is CC[C@@]12CCCN3CC[C@@]4(C(=C(C(=O)OC)C1)Nc1cc(OC)c(O)cc14)[C@H]32. The highest BCUT2D eigenvalue weighted by Gasteiger charge is 2.66. The fourth-order valence-electron chi connectivity index (χ4n) is 6.71. The molecule has 1 spiro atoms. The summed E-state index contributed by atoms with van der Waals surface area (Å²) in [7, 11) is 3.02. The number of anilines is 1. The molecule has 1 aromatic rings. The Hall–Kier alpha value is -2.21. The van der Waals surface area contributed by atoms with Crippen LogP contribution in [0.25, 0.3) is 0 Å². The zero-order chi connectivity index (χ0) is 19.7. The van der Waals surface area contributed by atoms with Gasteiger partial charge in [-0.05, 0) is 62.2 Å². The predicted molar refractivity (Wildman–Crippen MR) is 106 cm³/mol. The fourth-order valence-corrected chi connectivity index (χ4v) is 6.71. The number of methoxy groups -OCH3 is 2. The average molecular weight is 384 g/mol. The molecule has 1 aliphatic carbocycles. The van der Waals surface area contributed by atoms with E-state index < -0.39 is 0 Å². The van der Waals surface area contributed by atoms with Crippen LogP contribution in [-0.4, -0.2) is 49.3 Å². The Bertz CT molecular complexity index is 895. The van der Waals surface area contributed by atoms with Gasteiger partial charge in [-0.25, -0.2) is 4.79 Å². The summed E-state index contributed by atoms with van der Waals surface area (Å²) >= 11 is 0. The van der Waals surface area contributed by atoms with Crippen LogP contribution in [0.2, 0.25) is 0 Å². The Morgan fingerprint density at radius 3 is 2.86 bits per heavy atom. The number of hydrogen-bond acceptors (Lipinski definition) is 6. The van der Waals surface area contributed by atoms with Crippen LogP contribution in [0.5, 0.6) is 11.5 Å². The third-order valence-electron chi connectivity index (χ3n) is 7.80. The van der Waals surface area contributed by atoms with E-state index in [1.165, 1.54) is 13.5 Å². The number of rotatable bonds is 3. The van der Waals surface area contributed by atoms with Gasteiger partial charge in [0.2, 0.25) is 0 Å². The van der Waals surface area contributed by atoms with Crippen molar-refractivity contribution in [1.82, 2.24) is 4.90 Å². The summed E-state index contributed by atoms with van der Waals surface area (Å²) in [6, 6.07) is 4.05. The molecule has 2 N–H and O–H groups in total. The van der Waals surface area contributed by atoms with E-state index in [4.69, 9.17) is 9.47 Å². The second kappa shape index (κ2) is 5.89. The van der Waals surface area contributed by atoms with Crippen LogP contribution in [0.1, 0.15) is 44.6 Å². The molecule has 5 rings (SSSR count). The fraction of sp³-hybridized carbons (Fsp3) is 0.591. The molecule has 0 amide bonds. The van der Waals surface area contributed by atoms with Crippen LogP contribution in [0.3, 0.4) is 0 Å². The molecule has 2 fully saturated rings. The molecule has 2 saturated heterocycles. The van der Waals surface area contributed by atoms with E-state index >= 15 is 0 Å². The maximum Gasteiger partial charge on any atom is 0.335 e. The number of nitrogens with one attached hydrogen (secondary N) is 1. The second-order valence-corrected chi connectivity index (χ2v) is 8.70. The zero-order valence-corrected chi connectivity index (χ0v) is 16.8. The van der Waals surface area contributed by atoms with E-state index in [0.717, 1.165) is 61.3 Å². The van der Waals surface area contributed by atoms with Gasteiger partial charge in [0.05, 0.1) is 25.2 Å². The first-order chi connectivity index (χ1) is 13.5. The first-order valence-electron chi connectivity index (χ1n) is 10.3. The van der Waals surface area contributed by atoms with Crippen LogP contribution in [-0.2, 0) is 14.9 Å². The smallest absolute Gasteiger partial charge is 0.335 e. The Morgan fingerprint density at radius 1 is 1.32 bits per heavy atom. The highest BCUT2D eigenvalue weighted by Crippen LogP contribution is 2.66. The van der Waals surface area contributed by atoms with Gasteiger partial charge < -0.3 is 19.9 Å². The Morgan fingerprint density at radius 2 is 2.14 bits per heavy atom. The predicted octanol–water partition coefficient (Wildman–Crippen LogP) is 3.16. The van der Waals surface area contributed by atoms with Gasteiger partial charge in [0.1, 0.15) is 0 Å². The summed E-state index contributed by atoms with van der Waals surface area (Å²) < 4.78 is 10.5. The molecular formula is C22H28N2O4. The first-order valence-corrected chi connectivity index (χ1v) is 10.3. The first kappa shape index (κ1) is 17.9. The number of nitrogens with zero attached hydrogens (tertiary/aromatic N) is 1. The topological polar surface area (TPSA) is 71.0 Å². The monoisotopic (exact) mass is 384 g/mol. The van der Waals surface area contributed by atoms with Crippen LogP contribution < -0.4 is 10.1 Å². The lowest BCUT2D eigenvalue weighted by Gasteiger charge is -2.56. The Balaban J connectivity index is 1.81. The van der Waals surface area contributed by atoms with E-state index in [9.17, 15) is 9.90 Å². The quantitative estimate of drug-likeness (QED) is 0.616. The van der Waals surface area contributed by atoms with Crippen molar-refractivity contribution in [2.45, 2.75) is 50.5 Å². The Kier molecular flexibility index (Phi) is 3.76. The van der Waals surface area contributed by atoms with Gasteiger partial charge in [0, 0.05) is 23.5 Å². The van der Waals surface area contributed by atoms with E-state index in [1.807, 2.05) is 12.1 Å². The number of piperidine rings is 1. The number of aromatic hydroxyl groups is 1. The third-order valence-corrected chi connectivity index (χ3v) is 7.80. The molecule has 0 unspecified atom stereocenters. The van der Waals surface area contributed by atoms with Crippen LogP contribution in [0, 0.1) is 5.41 Å². The van der Waals surface area contributed by atoms with E-state index in [2.05, 4.69) is 17.1 Å². The number of ether oxygens (including phenoxy) is 2. The normalized spacial score (nSPS) is 33.0. The molecule has 1 aromatic carbocycles. The third kappa shape index (κ3) is 1.99. The van der Waals surface area contributed by atoms with Crippen LogP contribution >= 0.6 is 0 Å². The molecule has 0 saturated carbocycles. The lowest BCUT2D eigenvalue weighted by atomic mass is 9.53. The molecule has 6 heteroatoms. The molecule has 4 aliphatic rings. The van der Waals surface area contributed by atoms with Gasteiger partial charge in [-0.1, -0.05) is 6.92 Å². The van der Waals surface area contributed by atoms with Crippen LogP contribution in [0.4, 0.5) is 5.69 Å². The van der Waals surface area contributed by atoms with Crippen molar-refractivity contribution in [3.05, 3.63) is 29.0 Å². The van der Waals surface area contributed by atoms with Gasteiger partial charge in [-0.15, -0.1) is 0 Å². The maximum absolute atomic E-state index is 12.8. The van der Waals surface area contributed by atoms with Crippen molar-refractivity contribution >= 4 is 11.7 Å². The minimum absolute atomic E-state index is 0.0562. The molecule has 3 atom stereocenters. The largest absolute Gasteiger partial charge is 0.504 e. The van der Waals surface area contributed by atoms with Crippen molar-refractivity contribution in [3.8, 4) is 11.5 Å². The number of carbonyl (C=O) groups excluding carboxylic acids is 1. The van der Waals surface area contributed by atoms with Gasteiger partial charge in [-0.3, -0.25) is 4.90 Å². The minimum atomic E-state index is -0.294. The van der Waals surface area contributed by atoms with Gasteiger partial charge in [0.25, 0.3) is 0 Å². The number of phenolic OH excluding ortho intramolecular Hbond substituents is 1. The van der Waals surface area contributed by atoms with Crippen molar-refractivity contribution < 1.29 is 19.4 Å². The number of hydrogen-bond donors (Lipinski definition) is 2. The number of benzene rings is 1. The molecule has 6 nitrogen and oxygen atoms in total. The molecule has 3 aliphatic heterocycles. The van der Waals surface area contributed by atoms with E-state index in [-0.39, 0.29) is 22.5 Å². The van der Waals surface area contributed by atoms with Gasteiger partial charge in [-0.2, -0.15) is 0 Å². The van der Waals surface area contributed by atoms with Crippen molar-refractivity contribution in [2.75, 3.05) is 32.6 Å². The number of phenols is 1. The molecule has 28 heavy (non-hydrogen) atoms. The average Bonchev–Trinajstić information content (AvgIpc) is 3.26. The zero-order valence-electron chi connectivity index (χ0n) is 16.8. The standard InChI is InChI=1S/C22H28N2O4/c1-4-21-6-5-8-24-9-7-22(20(21)24)14-10-16(25)17(27-2)11-15(14)23-18(22)13(12-21)19(26)28-3/h10-11,20,23,25H,4-9,12H2,1-3H3/t20-,21-,22-/m1/s1. The summed E-state index contributed by atoms with van der Waals surface area (Å²) in [5, 5.41) is 14.1. The molecular weight excluding hydrogens is 356 g/mol. The molecule has 0 radical (unpaired) electrons. The minimum Gasteiger partial charge on any atom is -0.504 e. The van der Waals surface area contributed by atoms with E-state index in [1.54, 1.807) is 7.11 Å². The molecule has 150 valence electrons. The maximum atomic E-state index is 12.8. The highest BCUT2D eigenvalue weighted by atomic mass is 16.5. The van der Waals surface area contributed by atoms with Gasteiger partial charge >= 0.3 is 5.97 Å². The number of carbonyl (C=O) groups is 1. The molecule has 0 bridgehead atoms.